The van der Waals surface area contributed by atoms with Crippen LogP contribution in [0.15, 0.2) is 12.4 Å². The van der Waals surface area contributed by atoms with Crippen molar-refractivity contribution in [3.05, 3.63) is 18.2 Å². The summed E-state index contributed by atoms with van der Waals surface area (Å²) < 4.78 is 25.9. The van der Waals surface area contributed by atoms with Gasteiger partial charge in [0.25, 0.3) is 0 Å². The van der Waals surface area contributed by atoms with Gasteiger partial charge in [0, 0.05) is 51.5 Å². The first-order valence-corrected chi connectivity index (χ1v) is 8.34. The molecule has 6 nitrogen and oxygen atoms in total. The minimum Gasteiger partial charge on any atom is -0.333 e. The maximum Gasteiger partial charge on any atom is 0.210 e. The molecule has 0 radical (unpaired) electrons. The zero-order valence-corrected chi connectivity index (χ0v) is 12.9. The fourth-order valence-electron chi connectivity index (χ4n) is 1.81. The van der Waals surface area contributed by atoms with Crippen LogP contribution in [0.5, 0.6) is 0 Å². The van der Waals surface area contributed by atoms with Gasteiger partial charge in [-0.25, -0.2) is 17.7 Å². The predicted octanol–water partition coefficient (Wildman–Crippen LogP) is 0.315. The number of nitrogens with one attached hydrogen (secondary N) is 1. The van der Waals surface area contributed by atoms with E-state index in [9.17, 15) is 8.42 Å². The second kappa shape index (κ2) is 7.02. The largest absolute Gasteiger partial charge is 0.333 e. The van der Waals surface area contributed by atoms with Crippen molar-refractivity contribution in [2.24, 2.45) is 0 Å². The standard InChI is InChI=1S/C12H24N4O2S/c1-5-12-14-7-9-16(12)10-11(2)13-6-8-15(3)19(4,17)18/h7,9,11,13H,5-6,8,10H2,1-4H3. The molecule has 1 aromatic rings. The van der Waals surface area contributed by atoms with E-state index in [1.807, 2.05) is 12.4 Å². The van der Waals surface area contributed by atoms with Crippen molar-refractivity contribution in [3.8, 4) is 0 Å². The molecule has 0 aliphatic carbocycles. The highest BCUT2D eigenvalue weighted by Crippen LogP contribution is 2.00. The summed E-state index contributed by atoms with van der Waals surface area (Å²) in [5.41, 5.74) is 0. The van der Waals surface area contributed by atoms with Crippen molar-refractivity contribution in [2.45, 2.75) is 32.9 Å². The SMILES string of the molecule is CCc1nccn1CC(C)NCCN(C)S(C)(=O)=O. The predicted molar refractivity (Wildman–Crippen MR) is 76.5 cm³/mol. The Bertz CT molecular complexity index is 484. The highest BCUT2D eigenvalue weighted by Gasteiger charge is 2.11. The molecule has 0 spiro atoms. The lowest BCUT2D eigenvalue weighted by atomic mass is 10.3. The van der Waals surface area contributed by atoms with Crippen LogP contribution in [0.4, 0.5) is 0 Å². The topological polar surface area (TPSA) is 67.2 Å². The summed E-state index contributed by atoms with van der Waals surface area (Å²) in [6.45, 7) is 6.12. The van der Waals surface area contributed by atoms with Crippen LogP contribution in [0.1, 0.15) is 19.7 Å². The number of likely N-dealkylation sites (N-methyl/N-ethyl adjacent to an activating group) is 1. The van der Waals surface area contributed by atoms with Crippen molar-refractivity contribution in [3.63, 3.8) is 0 Å². The summed E-state index contributed by atoms with van der Waals surface area (Å²) in [5.74, 6) is 1.07. The molecule has 0 saturated heterocycles. The van der Waals surface area contributed by atoms with Crippen molar-refractivity contribution in [2.75, 3.05) is 26.4 Å². The smallest absolute Gasteiger partial charge is 0.210 e. The van der Waals surface area contributed by atoms with Crippen LogP contribution in [0.2, 0.25) is 0 Å². The molecule has 0 aliphatic rings. The molecule has 0 fully saturated rings. The normalized spacial score (nSPS) is 13.9. The van der Waals surface area contributed by atoms with E-state index in [1.54, 1.807) is 7.05 Å². The molecule has 0 aliphatic heterocycles. The van der Waals surface area contributed by atoms with Crippen LogP contribution in [0.3, 0.4) is 0 Å². The second-order valence-corrected chi connectivity index (χ2v) is 6.88. The number of aryl methyl sites for hydroxylation is 1. The highest BCUT2D eigenvalue weighted by atomic mass is 32.2. The first-order valence-electron chi connectivity index (χ1n) is 6.49. The number of imidazole rings is 1. The molecule has 1 N–H and O–H groups in total. The molecule has 0 saturated carbocycles. The van der Waals surface area contributed by atoms with Crippen LogP contribution in [-0.4, -0.2) is 54.7 Å². The van der Waals surface area contributed by atoms with E-state index < -0.39 is 10.0 Å². The first kappa shape index (κ1) is 16.1. The Balaban J connectivity index is 2.35. The van der Waals surface area contributed by atoms with Crippen molar-refractivity contribution in [1.29, 1.82) is 0 Å². The lowest BCUT2D eigenvalue weighted by Gasteiger charge is -2.18. The van der Waals surface area contributed by atoms with E-state index in [1.165, 1.54) is 10.6 Å². The van der Waals surface area contributed by atoms with Gasteiger partial charge in [0.1, 0.15) is 5.82 Å². The summed E-state index contributed by atoms with van der Waals surface area (Å²) in [4.78, 5) is 4.28. The number of rotatable bonds is 8. The van der Waals surface area contributed by atoms with E-state index in [-0.39, 0.29) is 6.04 Å². The zero-order valence-electron chi connectivity index (χ0n) is 12.1. The van der Waals surface area contributed by atoms with Crippen LogP contribution in [0.25, 0.3) is 0 Å². The van der Waals surface area contributed by atoms with Crippen molar-refractivity contribution < 1.29 is 8.42 Å². The summed E-state index contributed by atoms with van der Waals surface area (Å²) in [7, 11) is -1.49. The molecule has 0 amide bonds. The fraction of sp³-hybridized carbons (Fsp3) is 0.750. The molecule has 1 rings (SSSR count). The molecule has 110 valence electrons. The van der Waals surface area contributed by atoms with Crippen LogP contribution in [0, 0.1) is 0 Å². The first-order chi connectivity index (χ1) is 8.84. The molecule has 1 heterocycles. The quantitative estimate of drug-likeness (QED) is 0.748. The maximum absolute atomic E-state index is 11.2. The van der Waals surface area contributed by atoms with E-state index >= 15 is 0 Å². The lowest BCUT2D eigenvalue weighted by molar-refractivity contribution is 0.422. The van der Waals surface area contributed by atoms with Crippen LogP contribution in [-0.2, 0) is 23.0 Å². The summed E-state index contributed by atoms with van der Waals surface area (Å²) in [6, 6.07) is 0.271. The summed E-state index contributed by atoms with van der Waals surface area (Å²) in [5, 5.41) is 3.32. The number of aromatic nitrogens is 2. The lowest BCUT2D eigenvalue weighted by Crippen LogP contribution is -2.38. The third kappa shape index (κ3) is 5.30. The van der Waals surface area contributed by atoms with Crippen LogP contribution >= 0.6 is 0 Å². The second-order valence-electron chi connectivity index (χ2n) is 4.79. The molecular weight excluding hydrogens is 264 g/mol. The summed E-state index contributed by atoms with van der Waals surface area (Å²) in [6.07, 6.45) is 5.91. The van der Waals surface area contributed by atoms with Gasteiger partial charge in [0.2, 0.25) is 10.0 Å². The van der Waals surface area contributed by atoms with E-state index in [0.717, 1.165) is 18.8 Å². The van der Waals surface area contributed by atoms with Crippen molar-refractivity contribution >= 4 is 10.0 Å². The molecule has 1 unspecified atom stereocenters. The average molecular weight is 288 g/mol. The molecule has 0 bridgehead atoms. The van der Waals surface area contributed by atoms with Gasteiger partial charge in [-0.1, -0.05) is 6.92 Å². The number of hydrogen-bond donors (Lipinski definition) is 1. The third-order valence-corrected chi connectivity index (χ3v) is 4.39. The fourth-order valence-corrected chi connectivity index (χ4v) is 2.24. The van der Waals surface area contributed by atoms with Gasteiger partial charge in [-0.05, 0) is 6.92 Å². The van der Waals surface area contributed by atoms with Gasteiger partial charge in [-0.3, -0.25) is 0 Å². The minimum absolute atomic E-state index is 0.271. The van der Waals surface area contributed by atoms with Gasteiger partial charge < -0.3 is 9.88 Å². The maximum atomic E-state index is 11.2. The Morgan fingerprint density at radius 3 is 2.79 bits per heavy atom. The molecule has 7 heteroatoms. The summed E-state index contributed by atoms with van der Waals surface area (Å²) >= 11 is 0. The number of sulfonamides is 1. The highest BCUT2D eigenvalue weighted by molar-refractivity contribution is 7.88. The van der Waals surface area contributed by atoms with E-state index in [4.69, 9.17) is 0 Å². The van der Waals surface area contributed by atoms with Gasteiger partial charge >= 0.3 is 0 Å². The van der Waals surface area contributed by atoms with Gasteiger partial charge in [-0.15, -0.1) is 0 Å². The number of nitrogens with zero attached hydrogens (tertiary/aromatic N) is 3. The molecule has 1 aromatic heterocycles. The van der Waals surface area contributed by atoms with Gasteiger partial charge in [0.15, 0.2) is 0 Å². The van der Waals surface area contributed by atoms with Gasteiger partial charge in [0.05, 0.1) is 6.26 Å². The Morgan fingerprint density at radius 2 is 2.21 bits per heavy atom. The van der Waals surface area contributed by atoms with E-state index in [2.05, 4.69) is 28.7 Å². The monoisotopic (exact) mass is 288 g/mol. The third-order valence-electron chi connectivity index (χ3n) is 3.07. The van der Waals surface area contributed by atoms with Crippen molar-refractivity contribution in [1.82, 2.24) is 19.2 Å². The Morgan fingerprint density at radius 1 is 1.53 bits per heavy atom. The minimum atomic E-state index is -3.08. The molecule has 1 atom stereocenters. The molecule has 0 aromatic carbocycles. The van der Waals surface area contributed by atoms with Gasteiger partial charge in [-0.2, -0.15) is 0 Å². The number of hydrogen-bond acceptors (Lipinski definition) is 4. The Labute approximate surface area is 115 Å². The Hall–Kier alpha value is -0.920. The average Bonchev–Trinajstić information content (AvgIpc) is 2.74. The molecular formula is C12H24N4O2S. The molecule has 19 heavy (non-hydrogen) atoms. The van der Waals surface area contributed by atoms with E-state index in [0.29, 0.717) is 13.1 Å². The Kier molecular flexibility index (Phi) is 5.96. The zero-order chi connectivity index (χ0) is 14.5. The van der Waals surface area contributed by atoms with Crippen LogP contribution < -0.4 is 5.32 Å².